The predicted molar refractivity (Wildman–Crippen MR) is 199 cm³/mol. The normalized spacial score (nSPS) is 27.5. The SMILES string of the molecule is CCCCCCCC/C=C\CCCCCCCC(=O)[O-].C[N+]1(CC2CCC2)CC[C@]23CC(=O)CC[C@@]2(O)[C@H]1Cc1ccc(C(N)=S)c(O)c13. The number of aliphatic hydroxyl groups is 1. The lowest BCUT2D eigenvalue weighted by Gasteiger charge is -2.65. The number of carboxylic acid groups (broad SMARTS) is 1. The highest BCUT2D eigenvalue weighted by Crippen LogP contribution is 2.61. The summed E-state index contributed by atoms with van der Waals surface area (Å²) in [6.07, 6.45) is 27.4. The standard InChI is InChI=1S/C23H30N2O3S.C18H34O2/c1-25(13-14-3-2-4-14)10-9-22-12-16(26)7-8-23(22,28)18(25)11-15-5-6-17(21(24)29)20(27)19(15)22;1-2-3-4-5-6-7-8-9-10-11-12-13-14-15-16-17-18(19)20/h5-6,14,18,28H,2-4,7-13H2,1H3,(H2-,24,27,29);9-10H,2-8,11-17H2,1H3,(H,19,20)/b;10-9-/t18-,22-,23-,25?;/m1./s1. The number of carbonyl (C=O) groups is 2. The van der Waals surface area contributed by atoms with E-state index in [1.54, 1.807) is 6.07 Å². The number of unbranched alkanes of at least 4 members (excludes halogenated alkanes) is 11. The van der Waals surface area contributed by atoms with E-state index < -0.39 is 17.0 Å². The minimum atomic E-state index is -0.989. The highest BCUT2D eigenvalue weighted by atomic mass is 32.1. The van der Waals surface area contributed by atoms with E-state index >= 15 is 0 Å². The summed E-state index contributed by atoms with van der Waals surface area (Å²) in [4.78, 5) is 23.0. The molecule has 2 bridgehead atoms. The predicted octanol–water partition coefficient (Wildman–Crippen LogP) is 7.10. The highest BCUT2D eigenvalue weighted by molar-refractivity contribution is 7.80. The number of phenolic OH excluding ortho intramolecular Hbond substituents is 1. The lowest BCUT2D eigenvalue weighted by atomic mass is 9.48. The molecule has 8 heteroatoms. The fourth-order valence-corrected chi connectivity index (χ4v) is 9.61. The average Bonchev–Trinajstić information content (AvgIpc) is 3.03. The molecule has 1 saturated heterocycles. The molecule has 0 amide bonds. The van der Waals surface area contributed by atoms with Gasteiger partial charge in [-0.05, 0) is 69.4 Å². The van der Waals surface area contributed by atoms with Crippen molar-refractivity contribution < 1.29 is 29.4 Å². The van der Waals surface area contributed by atoms with Crippen LogP contribution in [0.5, 0.6) is 5.75 Å². The Labute approximate surface area is 301 Å². The van der Waals surface area contributed by atoms with Crippen LogP contribution in [0, 0.1) is 5.92 Å². The average molecular weight is 697 g/mol. The Morgan fingerprint density at radius 2 is 1.65 bits per heavy atom. The van der Waals surface area contributed by atoms with Gasteiger partial charge in [0, 0.05) is 48.5 Å². The van der Waals surface area contributed by atoms with Gasteiger partial charge in [0.15, 0.2) is 0 Å². The number of thiocarbonyl (C=S) groups is 1. The number of aromatic hydroxyl groups is 1. The summed E-state index contributed by atoms with van der Waals surface area (Å²) in [5.74, 6) is 0.0870. The summed E-state index contributed by atoms with van der Waals surface area (Å²) in [6, 6.07) is 3.86. The molecule has 2 saturated carbocycles. The third-order valence-electron chi connectivity index (χ3n) is 12.4. The summed E-state index contributed by atoms with van der Waals surface area (Å²) in [7, 11) is 2.30. The molecule has 0 radical (unpaired) electrons. The molecule has 0 spiro atoms. The monoisotopic (exact) mass is 696 g/mol. The first kappa shape index (κ1) is 39.5. The van der Waals surface area contributed by atoms with Crippen molar-refractivity contribution in [1.82, 2.24) is 0 Å². The number of piperidine rings is 1. The Morgan fingerprint density at radius 1 is 1.02 bits per heavy atom. The molecule has 1 aliphatic heterocycles. The minimum Gasteiger partial charge on any atom is -0.550 e. The summed E-state index contributed by atoms with van der Waals surface area (Å²) in [6.45, 7) is 4.28. The molecule has 4 aliphatic rings. The van der Waals surface area contributed by atoms with E-state index in [0.29, 0.717) is 31.2 Å². The number of likely N-dealkylation sites (N-methyl/N-ethyl adjacent to an activating group) is 1. The number of aliphatic carboxylic acids is 1. The van der Waals surface area contributed by atoms with Gasteiger partial charge < -0.3 is 30.3 Å². The third kappa shape index (κ3) is 9.53. The molecule has 1 heterocycles. The van der Waals surface area contributed by atoms with Crippen molar-refractivity contribution >= 4 is 29.0 Å². The van der Waals surface area contributed by atoms with Crippen LogP contribution in [0.1, 0.15) is 158 Å². The minimum absolute atomic E-state index is 0.0486. The molecule has 49 heavy (non-hydrogen) atoms. The molecule has 4 atom stereocenters. The van der Waals surface area contributed by atoms with Crippen molar-refractivity contribution in [3.8, 4) is 5.75 Å². The Morgan fingerprint density at radius 3 is 2.24 bits per heavy atom. The largest absolute Gasteiger partial charge is 0.550 e. The molecule has 1 aromatic rings. The van der Waals surface area contributed by atoms with Gasteiger partial charge in [-0.2, -0.15) is 0 Å². The van der Waals surface area contributed by atoms with Crippen molar-refractivity contribution in [1.29, 1.82) is 0 Å². The maximum Gasteiger partial charge on any atom is 0.134 e. The molecule has 1 aromatic carbocycles. The van der Waals surface area contributed by atoms with Crippen molar-refractivity contribution in [2.75, 3.05) is 20.1 Å². The number of rotatable bonds is 18. The van der Waals surface area contributed by atoms with Crippen LogP contribution in [0.15, 0.2) is 24.3 Å². The van der Waals surface area contributed by atoms with Crippen LogP contribution in [-0.4, -0.2) is 63.2 Å². The lowest BCUT2D eigenvalue weighted by Crippen LogP contribution is -2.78. The van der Waals surface area contributed by atoms with Gasteiger partial charge in [-0.15, -0.1) is 0 Å². The van der Waals surface area contributed by atoms with E-state index in [1.165, 1.54) is 83.5 Å². The zero-order valence-electron chi connectivity index (χ0n) is 30.5. The Hall–Kier alpha value is -2.29. The number of hydrogen-bond donors (Lipinski definition) is 3. The number of carbonyl (C=O) groups excluding carboxylic acids is 2. The Balaban J connectivity index is 0.000000240. The van der Waals surface area contributed by atoms with E-state index in [-0.39, 0.29) is 29.0 Å². The van der Waals surface area contributed by atoms with E-state index in [0.717, 1.165) is 60.3 Å². The van der Waals surface area contributed by atoms with Crippen LogP contribution in [-0.2, 0) is 21.4 Å². The molecule has 0 aromatic heterocycles. The second-order valence-corrected chi connectivity index (χ2v) is 16.4. The van der Waals surface area contributed by atoms with Gasteiger partial charge in [-0.3, -0.25) is 4.79 Å². The van der Waals surface area contributed by atoms with E-state index in [2.05, 4.69) is 26.1 Å². The fraction of sp³-hybridized carbons (Fsp3) is 0.732. The van der Waals surface area contributed by atoms with Crippen molar-refractivity contribution in [2.45, 2.75) is 165 Å². The number of carboxylic acids is 1. The van der Waals surface area contributed by atoms with Crippen LogP contribution < -0.4 is 10.8 Å². The van der Waals surface area contributed by atoms with Gasteiger partial charge in [-0.25, -0.2) is 0 Å². The van der Waals surface area contributed by atoms with Gasteiger partial charge in [0.1, 0.15) is 28.2 Å². The lowest BCUT2D eigenvalue weighted by molar-refractivity contribution is -0.952. The molecule has 5 rings (SSSR count). The van der Waals surface area contributed by atoms with Crippen LogP contribution in [0.2, 0.25) is 0 Å². The Bertz CT molecular complexity index is 1310. The van der Waals surface area contributed by atoms with E-state index in [4.69, 9.17) is 18.0 Å². The number of phenols is 1. The number of hydrogen-bond acceptors (Lipinski definition) is 6. The molecule has 4 N–H and O–H groups in total. The zero-order chi connectivity index (χ0) is 35.5. The molecule has 1 unspecified atom stereocenters. The quantitative estimate of drug-likeness (QED) is 0.0648. The van der Waals surface area contributed by atoms with Gasteiger partial charge in [0.25, 0.3) is 0 Å². The number of ketones is 1. The number of nitrogens with zero attached hydrogens (tertiary/aromatic N) is 1. The van der Waals surface area contributed by atoms with Gasteiger partial charge in [0.05, 0.1) is 25.7 Å². The summed E-state index contributed by atoms with van der Waals surface area (Å²) in [5.41, 5.74) is 6.37. The second kappa shape index (κ2) is 18.3. The summed E-state index contributed by atoms with van der Waals surface area (Å²) in [5, 5.41) is 33.7. The van der Waals surface area contributed by atoms with E-state index in [1.807, 2.05) is 6.07 Å². The van der Waals surface area contributed by atoms with E-state index in [9.17, 15) is 24.9 Å². The summed E-state index contributed by atoms with van der Waals surface area (Å²) < 4.78 is 0.869. The maximum absolute atomic E-state index is 12.6. The van der Waals surface area contributed by atoms with Gasteiger partial charge in [0.2, 0.25) is 0 Å². The number of nitrogens with two attached hydrogens (primary N) is 1. The highest BCUT2D eigenvalue weighted by Gasteiger charge is 2.70. The number of allylic oxidation sites excluding steroid dienone is 2. The van der Waals surface area contributed by atoms with Crippen molar-refractivity contribution in [2.24, 2.45) is 11.7 Å². The molecule has 7 nitrogen and oxygen atoms in total. The molecule has 3 aliphatic carbocycles. The van der Waals surface area contributed by atoms with Crippen molar-refractivity contribution in [3.63, 3.8) is 0 Å². The van der Waals surface area contributed by atoms with Gasteiger partial charge in [-0.1, -0.05) is 95.1 Å². The second-order valence-electron chi connectivity index (χ2n) is 15.9. The van der Waals surface area contributed by atoms with Gasteiger partial charge >= 0.3 is 0 Å². The maximum atomic E-state index is 12.6. The van der Waals surface area contributed by atoms with Crippen LogP contribution in [0.3, 0.4) is 0 Å². The number of Topliss-reactive ketones (excluding diaryl/α,β-unsaturated/α-hetero) is 1. The first-order valence-electron chi connectivity index (χ1n) is 19.6. The topological polar surface area (TPSA) is 124 Å². The molecular weight excluding hydrogens is 633 g/mol. The number of benzene rings is 1. The summed E-state index contributed by atoms with van der Waals surface area (Å²) >= 11 is 5.15. The molecule has 274 valence electrons. The van der Waals surface area contributed by atoms with Crippen LogP contribution >= 0.6 is 12.2 Å². The third-order valence-corrected chi connectivity index (χ3v) is 12.6. The first-order chi connectivity index (χ1) is 23.5. The molecule has 3 fully saturated rings. The smallest absolute Gasteiger partial charge is 0.134 e. The Kier molecular flexibility index (Phi) is 14.7. The number of fused-ring (bicyclic) bond motifs is 1. The molecular formula is C41H64N2O5S. The number of quaternary nitrogens is 1. The van der Waals surface area contributed by atoms with Crippen LogP contribution in [0.4, 0.5) is 0 Å². The number of likely N-dealkylation sites (tertiary alicyclic amines) is 1. The van der Waals surface area contributed by atoms with Crippen molar-refractivity contribution in [3.05, 3.63) is 41.0 Å². The zero-order valence-corrected chi connectivity index (χ0v) is 31.3. The fourth-order valence-electron chi connectivity index (χ4n) is 9.44. The first-order valence-corrected chi connectivity index (χ1v) is 20.0. The van der Waals surface area contributed by atoms with Crippen LogP contribution in [0.25, 0.3) is 0 Å².